The lowest BCUT2D eigenvalue weighted by molar-refractivity contribution is -0.143. The summed E-state index contributed by atoms with van der Waals surface area (Å²) in [5.41, 5.74) is 0.963. The topological polar surface area (TPSA) is 46.5 Å². The molecule has 0 aliphatic heterocycles. The van der Waals surface area contributed by atoms with Gasteiger partial charge in [0.05, 0.1) is 18.6 Å². The van der Waals surface area contributed by atoms with E-state index in [1.54, 1.807) is 0 Å². The molecule has 0 bridgehead atoms. The van der Waals surface area contributed by atoms with E-state index < -0.39 is 5.97 Å². The van der Waals surface area contributed by atoms with Crippen LogP contribution in [0.1, 0.15) is 31.2 Å². The molecule has 3 nitrogen and oxygen atoms in total. The van der Waals surface area contributed by atoms with Crippen molar-refractivity contribution in [2.75, 3.05) is 0 Å². The lowest BCUT2D eigenvalue weighted by atomic mass is 9.87. The molecule has 1 aromatic rings. The lowest BCUT2D eigenvalue weighted by Crippen LogP contribution is -2.25. The zero-order chi connectivity index (χ0) is 13.8. The van der Waals surface area contributed by atoms with Gasteiger partial charge in [-0.05, 0) is 43.4 Å². The molecule has 0 saturated heterocycles. The maximum atomic E-state index is 10.9. The highest BCUT2D eigenvalue weighted by Crippen LogP contribution is 2.28. The van der Waals surface area contributed by atoms with Crippen LogP contribution in [-0.4, -0.2) is 17.2 Å². The summed E-state index contributed by atoms with van der Waals surface area (Å²) in [6, 6.07) is 5.72. The van der Waals surface area contributed by atoms with Crippen LogP contribution in [0, 0.1) is 5.92 Å². The number of hydrogen-bond donors (Lipinski definition) is 1. The summed E-state index contributed by atoms with van der Waals surface area (Å²) in [4.78, 5) is 10.9. The van der Waals surface area contributed by atoms with Gasteiger partial charge >= 0.3 is 5.97 Å². The second-order valence-corrected chi connectivity index (χ2v) is 6.18. The van der Waals surface area contributed by atoms with Gasteiger partial charge in [-0.25, -0.2) is 0 Å². The van der Waals surface area contributed by atoms with Crippen LogP contribution in [0.4, 0.5) is 0 Å². The van der Waals surface area contributed by atoms with Crippen molar-refractivity contribution in [1.29, 1.82) is 0 Å². The van der Waals surface area contributed by atoms with Gasteiger partial charge < -0.3 is 9.84 Å². The van der Waals surface area contributed by atoms with E-state index in [4.69, 9.17) is 21.4 Å². The SMILES string of the molecule is O=C(O)C1CCC(OCc2ccc(Br)cc2Cl)CC1. The van der Waals surface area contributed by atoms with Crippen LogP contribution in [0.3, 0.4) is 0 Å². The van der Waals surface area contributed by atoms with Gasteiger partial charge in [-0.1, -0.05) is 33.6 Å². The normalized spacial score (nSPS) is 23.3. The first-order chi connectivity index (χ1) is 9.06. The summed E-state index contributed by atoms with van der Waals surface area (Å²) in [6.45, 7) is 0.481. The molecule has 0 amide bonds. The van der Waals surface area contributed by atoms with E-state index in [0.717, 1.165) is 22.9 Å². The largest absolute Gasteiger partial charge is 0.481 e. The Morgan fingerprint density at radius 3 is 2.63 bits per heavy atom. The number of carboxylic acid groups (broad SMARTS) is 1. The summed E-state index contributed by atoms with van der Waals surface area (Å²) in [5, 5.41) is 9.62. The number of halogens is 2. The molecule has 19 heavy (non-hydrogen) atoms. The van der Waals surface area contributed by atoms with E-state index in [2.05, 4.69) is 15.9 Å². The third-order valence-corrected chi connectivity index (χ3v) is 4.36. The number of carboxylic acids is 1. The molecule has 1 aliphatic rings. The summed E-state index contributed by atoms with van der Waals surface area (Å²) in [7, 11) is 0. The molecule has 0 spiro atoms. The molecule has 1 aliphatic carbocycles. The third kappa shape index (κ3) is 4.20. The molecular weight excluding hydrogens is 332 g/mol. The number of aliphatic carboxylic acids is 1. The molecule has 104 valence electrons. The van der Waals surface area contributed by atoms with Crippen molar-refractivity contribution in [1.82, 2.24) is 0 Å². The van der Waals surface area contributed by atoms with Crippen molar-refractivity contribution in [3.63, 3.8) is 0 Å². The van der Waals surface area contributed by atoms with Crippen LogP contribution in [0.25, 0.3) is 0 Å². The minimum atomic E-state index is -0.686. The second-order valence-electron chi connectivity index (χ2n) is 4.86. The van der Waals surface area contributed by atoms with Crippen LogP contribution >= 0.6 is 27.5 Å². The van der Waals surface area contributed by atoms with Crippen molar-refractivity contribution in [2.24, 2.45) is 5.92 Å². The van der Waals surface area contributed by atoms with Gasteiger partial charge in [0.25, 0.3) is 0 Å². The average Bonchev–Trinajstić information content (AvgIpc) is 2.38. The van der Waals surface area contributed by atoms with Crippen molar-refractivity contribution in [3.8, 4) is 0 Å². The van der Waals surface area contributed by atoms with Gasteiger partial charge in [0.15, 0.2) is 0 Å². The Morgan fingerprint density at radius 1 is 1.37 bits per heavy atom. The zero-order valence-electron chi connectivity index (χ0n) is 10.4. The average molecular weight is 348 g/mol. The number of rotatable bonds is 4. The molecule has 0 unspecified atom stereocenters. The van der Waals surface area contributed by atoms with E-state index >= 15 is 0 Å². The van der Waals surface area contributed by atoms with Crippen LogP contribution in [-0.2, 0) is 16.1 Å². The van der Waals surface area contributed by atoms with Crippen LogP contribution < -0.4 is 0 Å². The second kappa shape index (κ2) is 6.73. The molecule has 1 saturated carbocycles. The van der Waals surface area contributed by atoms with Gasteiger partial charge in [-0.2, -0.15) is 0 Å². The summed E-state index contributed by atoms with van der Waals surface area (Å²) in [5.74, 6) is -0.884. The van der Waals surface area contributed by atoms with Gasteiger partial charge in [-0.3, -0.25) is 4.79 Å². The monoisotopic (exact) mass is 346 g/mol. The van der Waals surface area contributed by atoms with E-state index in [9.17, 15) is 4.79 Å². The summed E-state index contributed by atoms with van der Waals surface area (Å²) >= 11 is 9.49. The Balaban J connectivity index is 1.82. The minimum Gasteiger partial charge on any atom is -0.481 e. The number of ether oxygens (including phenoxy) is 1. The molecule has 1 N–H and O–H groups in total. The van der Waals surface area contributed by atoms with E-state index in [0.29, 0.717) is 24.5 Å². The fraction of sp³-hybridized carbons (Fsp3) is 0.500. The Hall–Kier alpha value is -0.580. The first kappa shape index (κ1) is 14.8. The molecule has 5 heteroatoms. The molecule has 1 aromatic carbocycles. The standard InChI is InChI=1S/C14H16BrClO3/c15-11-4-1-10(13(16)7-11)8-19-12-5-2-9(3-6-12)14(17)18/h1,4,7,9,12H,2-3,5-6,8H2,(H,17,18). The predicted octanol–water partition coefficient (Wildman–Crippen LogP) is 4.26. The van der Waals surface area contributed by atoms with E-state index in [1.165, 1.54) is 0 Å². The zero-order valence-corrected chi connectivity index (χ0v) is 12.8. The maximum Gasteiger partial charge on any atom is 0.306 e. The predicted molar refractivity (Wildman–Crippen MR) is 77.3 cm³/mol. The smallest absolute Gasteiger partial charge is 0.306 e. The number of hydrogen-bond acceptors (Lipinski definition) is 2. The van der Waals surface area contributed by atoms with Crippen LogP contribution in [0.15, 0.2) is 22.7 Å². The third-order valence-electron chi connectivity index (χ3n) is 3.51. The first-order valence-electron chi connectivity index (χ1n) is 6.34. The van der Waals surface area contributed by atoms with Gasteiger partial charge in [-0.15, -0.1) is 0 Å². The molecule has 0 atom stereocenters. The van der Waals surface area contributed by atoms with Gasteiger partial charge in [0.2, 0.25) is 0 Å². The Kier molecular flexibility index (Phi) is 5.25. The van der Waals surface area contributed by atoms with E-state index in [-0.39, 0.29) is 12.0 Å². The van der Waals surface area contributed by atoms with Gasteiger partial charge in [0, 0.05) is 9.50 Å². The molecule has 0 aromatic heterocycles. The molecular formula is C14H16BrClO3. The summed E-state index contributed by atoms with van der Waals surface area (Å²) in [6.07, 6.45) is 3.17. The van der Waals surface area contributed by atoms with Gasteiger partial charge in [0.1, 0.15) is 0 Å². The highest BCUT2D eigenvalue weighted by Gasteiger charge is 2.26. The Bertz CT molecular complexity index is 456. The Morgan fingerprint density at radius 2 is 2.05 bits per heavy atom. The molecule has 0 heterocycles. The highest BCUT2D eigenvalue weighted by atomic mass is 79.9. The quantitative estimate of drug-likeness (QED) is 0.885. The fourth-order valence-electron chi connectivity index (χ4n) is 2.32. The van der Waals surface area contributed by atoms with Crippen molar-refractivity contribution >= 4 is 33.5 Å². The minimum absolute atomic E-state index is 0.148. The Labute approximate surface area is 126 Å². The highest BCUT2D eigenvalue weighted by molar-refractivity contribution is 9.10. The molecule has 1 fully saturated rings. The maximum absolute atomic E-state index is 10.9. The first-order valence-corrected chi connectivity index (χ1v) is 7.51. The van der Waals surface area contributed by atoms with Crippen LogP contribution in [0.2, 0.25) is 5.02 Å². The molecule has 0 radical (unpaired) electrons. The fourth-order valence-corrected chi connectivity index (χ4v) is 3.05. The van der Waals surface area contributed by atoms with Crippen molar-refractivity contribution in [3.05, 3.63) is 33.3 Å². The van der Waals surface area contributed by atoms with Crippen molar-refractivity contribution in [2.45, 2.75) is 38.4 Å². The van der Waals surface area contributed by atoms with Crippen molar-refractivity contribution < 1.29 is 14.6 Å². The van der Waals surface area contributed by atoms with E-state index in [1.807, 2.05) is 18.2 Å². The number of benzene rings is 1. The van der Waals surface area contributed by atoms with Crippen LogP contribution in [0.5, 0.6) is 0 Å². The lowest BCUT2D eigenvalue weighted by Gasteiger charge is -2.26. The molecule has 2 rings (SSSR count). The summed E-state index contributed by atoms with van der Waals surface area (Å²) < 4.78 is 6.77. The number of carbonyl (C=O) groups is 1.